The third kappa shape index (κ3) is 19.1. The molecule has 0 bridgehead atoms. The highest BCUT2D eigenvalue weighted by Gasteiger charge is 2.31. The van der Waals surface area contributed by atoms with E-state index < -0.39 is 7.37 Å². The molecule has 0 aliphatic heterocycles. The lowest BCUT2D eigenvalue weighted by Gasteiger charge is -2.31. The number of unbranched alkanes of at least 4 members (excludes halogenated alkanes) is 11. The van der Waals surface area contributed by atoms with Gasteiger partial charge in [0.1, 0.15) is 0 Å². The highest BCUT2D eigenvalue weighted by atomic mass is 31.2. The second-order valence-electron chi connectivity index (χ2n) is 10.4. The fraction of sp³-hybridized carbons (Fsp3) is 0.962. The van der Waals surface area contributed by atoms with Crippen molar-refractivity contribution in [1.82, 2.24) is 0 Å². The zero-order chi connectivity index (χ0) is 24.3. The zero-order valence-electron chi connectivity index (χ0n) is 22.3. The van der Waals surface area contributed by atoms with Gasteiger partial charge in [0.05, 0.1) is 47.3 Å². The zero-order valence-corrected chi connectivity index (χ0v) is 23.2. The largest absolute Gasteiger partial charge is 0.466 e. The fourth-order valence-electron chi connectivity index (χ4n) is 4.45. The highest BCUT2D eigenvalue weighted by molar-refractivity contribution is 7.59. The molecule has 2 atom stereocenters. The molecule has 0 N–H and O–H groups in total. The predicted octanol–water partition coefficient (Wildman–Crippen LogP) is 7.28. The first-order valence-corrected chi connectivity index (χ1v) is 15.3. The summed E-state index contributed by atoms with van der Waals surface area (Å²) >= 11 is 0. The Hall–Kier alpha value is -0.380. The van der Waals surface area contributed by atoms with E-state index in [0.29, 0.717) is 32.0 Å². The molecule has 0 aromatic rings. The Morgan fingerprint density at radius 1 is 0.781 bits per heavy atom. The maximum absolute atomic E-state index is 13.5. The molecule has 0 heterocycles. The number of hydrogen-bond acceptors (Lipinski definition) is 4. The van der Waals surface area contributed by atoms with Crippen molar-refractivity contribution in [1.29, 1.82) is 0 Å². The molecular weight excluding hydrogens is 421 g/mol. The van der Waals surface area contributed by atoms with Crippen LogP contribution in [-0.4, -0.2) is 63.7 Å². The quantitative estimate of drug-likeness (QED) is 0.0713. The second kappa shape index (κ2) is 19.0. The van der Waals surface area contributed by atoms with Crippen LogP contribution < -0.4 is 0 Å². The number of ether oxygens (including phenoxy) is 1. The summed E-state index contributed by atoms with van der Waals surface area (Å²) in [5.74, 6) is -0.178. The van der Waals surface area contributed by atoms with Crippen molar-refractivity contribution in [3.05, 3.63) is 0 Å². The van der Waals surface area contributed by atoms with E-state index in [1.165, 1.54) is 64.2 Å². The first-order chi connectivity index (χ1) is 15.2. The molecule has 0 amide bonds. The van der Waals surface area contributed by atoms with E-state index in [4.69, 9.17) is 9.26 Å². The number of quaternary nitrogens is 1. The van der Waals surface area contributed by atoms with E-state index in [-0.39, 0.29) is 11.9 Å². The van der Waals surface area contributed by atoms with Crippen LogP contribution in [0, 0.1) is 5.92 Å². The smallest absolute Gasteiger partial charge is 0.306 e. The Balaban J connectivity index is 4.34. The van der Waals surface area contributed by atoms with E-state index in [1.54, 1.807) is 0 Å². The summed E-state index contributed by atoms with van der Waals surface area (Å²) in [6, 6.07) is 0. The number of nitrogens with zero attached hydrogens (tertiary/aromatic N) is 1. The standard InChI is InChI=1S/C26H55NO4P/c1-7-10-11-12-13-14-15-16-17-18-19-20-21-32(29,31-9-3)24-25(23-27(4,5)6)22-26(28)30-8-2/h25H,7-24H2,1-6H3/q+1. The van der Waals surface area contributed by atoms with E-state index in [0.717, 1.165) is 23.9 Å². The van der Waals surface area contributed by atoms with Crippen LogP contribution >= 0.6 is 7.37 Å². The van der Waals surface area contributed by atoms with Crippen molar-refractivity contribution in [3.8, 4) is 0 Å². The second-order valence-corrected chi connectivity index (χ2v) is 13.1. The predicted molar refractivity (Wildman–Crippen MR) is 138 cm³/mol. The van der Waals surface area contributed by atoms with Gasteiger partial charge in [-0.3, -0.25) is 9.36 Å². The van der Waals surface area contributed by atoms with E-state index >= 15 is 0 Å². The van der Waals surface area contributed by atoms with E-state index in [2.05, 4.69) is 28.1 Å². The summed E-state index contributed by atoms with van der Waals surface area (Å²) < 4.78 is 25.3. The maximum atomic E-state index is 13.5. The van der Waals surface area contributed by atoms with Gasteiger partial charge < -0.3 is 13.7 Å². The van der Waals surface area contributed by atoms with Gasteiger partial charge >= 0.3 is 5.97 Å². The fourth-order valence-corrected chi connectivity index (χ4v) is 7.07. The Morgan fingerprint density at radius 2 is 1.28 bits per heavy atom. The average molecular weight is 477 g/mol. The minimum absolute atomic E-state index is 0.0174. The van der Waals surface area contributed by atoms with Crippen molar-refractivity contribution in [3.63, 3.8) is 0 Å². The number of carbonyl (C=O) groups is 1. The summed E-state index contributed by atoms with van der Waals surface area (Å²) in [4.78, 5) is 12.1. The third-order valence-electron chi connectivity index (χ3n) is 5.82. The Labute approximate surface area is 200 Å². The highest BCUT2D eigenvalue weighted by Crippen LogP contribution is 2.50. The number of rotatable bonds is 22. The first-order valence-electron chi connectivity index (χ1n) is 13.3. The summed E-state index contributed by atoms with van der Waals surface area (Å²) in [6.45, 7) is 7.64. The first kappa shape index (κ1) is 31.6. The van der Waals surface area contributed by atoms with Crippen molar-refractivity contribution in [2.75, 3.05) is 53.2 Å². The molecule has 0 aliphatic carbocycles. The molecule has 0 rings (SSSR count). The molecule has 32 heavy (non-hydrogen) atoms. The molecule has 0 aromatic heterocycles. The summed E-state index contributed by atoms with van der Waals surface area (Å²) in [6.07, 6.45) is 16.9. The molecule has 5 nitrogen and oxygen atoms in total. The number of carbonyl (C=O) groups excluding carboxylic acids is 1. The molecule has 0 saturated carbocycles. The summed E-state index contributed by atoms with van der Waals surface area (Å²) in [5.41, 5.74) is 0. The van der Waals surface area contributed by atoms with Crippen LogP contribution in [0.4, 0.5) is 0 Å². The molecule has 0 aliphatic rings. The maximum Gasteiger partial charge on any atom is 0.306 e. The molecule has 6 heteroatoms. The molecular formula is C26H55NO4P+. The summed E-state index contributed by atoms with van der Waals surface area (Å²) in [5, 5.41) is 0. The molecule has 2 unspecified atom stereocenters. The van der Waals surface area contributed by atoms with Crippen molar-refractivity contribution in [2.45, 2.75) is 104 Å². The van der Waals surface area contributed by atoms with Crippen LogP contribution in [0.15, 0.2) is 0 Å². The van der Waals surface area contributed by atoms with Gasteiger partial charge in [-0.05, 0) is 20.3 Å². The van der Waals surface area contributed by atoms with Crippen LogP contribution in [0.5, 0.6) is 0 Å². The molecule has 0 spiro atoms. The molecule has 0 fully saturated rings. The van der Waals surface area contributed by atoms with Gasteiger partial charge in [0.2, 0.25) is 7.37 Å². The Kier molecular flexibility index (Phi) is 18.8. The Bertz CT molecular complexity index is 505. The van der Waals surface area contributed by atoms with Crippen molar-refractivity contribution < 1.29 is 23.1 Å². The van der Waals surface area contributed by atoms with Crippen molar-refractivity contribution in [2.24, 2.45) is 5.92 Å². The minimum atomic E-state index is -2.73. The van der Waals surface area contributed by atoms with Crippen LogP contribution in [0.3, 0.4) is 0 Å². The molecule has 0 aromatic carbocycles. The van der Waals surface area contributed by atoms with Gasteiger partial charge in [-0.2, -0.15) is 0 Å². The lowest BCUT2D eigenvalue weighted by Crippen LogP contribution is -2.41. The van der Waals surface area contributed by atoms with Gasteiger partial charge in [0.25, 0.3) is 0 Å². The molecule has 0 radical (unpaired) electrons. The van der Waals surface area contributed by atoms with Gasteiger partial charge in [-0.1, -0.05) is 77.6 Å². The Morgan fingerprint density at radius 3 is 1.72 bits per heavy atom. The van der Waals surface area contributed by atoms with Crippen LogP contribution in [0.2, 0.25) is 0 Å². The molecule has 0 saturated heterocycles. The SMILES string of the molecule is CCCCCCCCCCCCCCP(=O)(CC(CC(=O)OCC)C[N+](C)(C)C)OCC. The van der Waals surface area contributed by atoms with Gasteiger partial charge in [-0.15, -0.1) is 0 Å². The summed E-state index contributed by atoms with van der Waals surface area (Å²) in [7, 11) is 3.58. The normalized spacial score (nSPS) is 14.8. The van der Waals surface area contributed by atoms with Gasteiger partial charge in [0, 0.05) is 18.2 Å². The van der Waals surface area contributed by atoms with E-state index in [9.17, 15) is 9.36 Å². The van der Waals surface area contributed by atoms with Crippen molar-refractivity contribution >= 4 is 13.3 Å². The average Bonchev–Trinajstić information content (AvgIpc) is 2.67. The minimum Gasteiger partial charge on any atom is -0.466 e. The van der Waals surface area contributed by atoms with Gasteiger partial charge in [-0.25, -0.2) is 0 Å². The van der Waals surface area contributed by atoms with Gasteiger partial charge in [0.15, 0.2) is 0 Å². The van der Waals surface area contributed by atoms with Crippen LogP contribution in [0.1, 0.15) is 104 Å². The molecule has 192 valence electrons. The monoisotopic (exact) mass is 476 g/mol. The topological polar surface area (TPSA) is 52.6 Å². The number of esters is 1. The lowest BCUT2D eigenvalue weighted by atomic mass is 10.1. The third-order valence-corrected chi connectivity index (χ3v) is 8.62. The van der Waals surface area contributed by atoms with E-state index in [1.807, 2.05) is 13.8 Å². The van der Waals surface area contributed by atoms with Crippen LogP contribution in [0.25, 0.3) is 0 Å². The number of hydrogen-bond donors (Lipinski definition) is 0. The lowest BCUT2D eigenvalue weighted by molar-refractivity contribution is -0.873. The van der Waals surface area contributed by atoms with Crippen LogP contribution in [-0.2, 0) is 18.6 Å².